The fourth-order valence-electron chi connectivity index (χ4n) is 2.21. The maximum absolute atomic E-state index is 12.1. The highest BCUT2D eigenvalue weighted by molar-refractivity contribution is 7.99. The molecule has 3 nitrogen and oxygen atoms in total. The SMILES string of the molecule is CCCSCC(NC(C)C)(C(=O)OC)C1CC1. The average Bonchev–Trinajstić information content (AvgIpc) is 3.10. The zero-order chi connectivity index (χ0) is 12.9. The summed E-state index contributed by atoms with van der Waals surface area (Å²) in [5, 5.41) is 3.47. The van der Waals surface area contributed by atoms with Crippen molar-refractivity contribution in [3.05, 3.63) is 0 Å². The van der Waals surface area contributed by atoms with Crippen LogP contribution >= 0.6 is 11.8 Å². The molecule has 17 heavy (non-hydrogen) atoms. The number of nitrogens with one attached hydrogen (secondary N) is 1. The summed E-state index contributed by atoms with van der Waals surface area (Å²) in [6.45, 7) is 6.34. The Labute approximate surface area is 109 Å². The molecule has 1 aliphatic carbocycles. The van der Waals surface area contributed by atoms with Crippen LogP contribution in [0.25, 0.3) is 0 Å². The van der Waals surface area contributed by atoms with Gasteiger partial charge in [-0.25, -0.2) is 0 Å². The molecule has 1 N–H and O–H groups in total. The van der Waals surface area contributed by atoms with Gasteiger partial charge in [-0.2, -0.15) is 11.8 Å². The number of hydrogen-bond donors (Lipinski definition) is 1. The molecular formula is C13H25NO2S. The highest BCUT2D eigenvalue weighted by atomic mass is 32.2. The van der Waals surface area contributed by atoms with Crippen molar-refractivity contribution in [3.8, 4) is 0 Å². The molecule has 1 saturated carbocycles. The number of rotatable bonds is 8. The lowest BCUT2D eigenvalue weighted by molar-refractivity contribution is -0.148. The second-order valence-electron chi connectivity index (χ2n) is 5.09. The summed E-state index contributed by atoms with van der Waals surface area (Å²) in [4.78, 5) is 12.1. The third-order valence-corrected chi connectivity index (χ3v) is 4.40. The van der Waals surface area contributed by atoms with E-state index in [4.69, 9.17) is 4.74 Å². The highest BCUT2D eigenvalue weighted by Gasteiger charge is 2.51. The van der Waals surface area contributed by atoms with Crippen molar-refractivity contribution in [2.75, 3.05) is 18.6 Å². The van der Waals surface area contributed by atoms with Crippen LogP contribution in [-0.2, 0) is 9.53 Å². The number of carbonyl (C=O) groups excluding carboxylic acids is 1. The van der Waals surface area contributed by atoms with E-state index in [1.807, 2.05) is 11.8 Å². The summed E-state index contributed by atoms with van der Waals surface area (Å²) in [5.41, 5.74) is -0.456. The molecule has 0 aliphatic heterocycles. The predicted octanol–water partition coefficient (Wildman–Crippen LogP) is 2.45. The number of carbonyl (C=O) groups is 1. The average molecular weight is 259 g/mol. The summed E-state index contributed by atoms with van der Waals surface area (Å²) in [7, 11) is 1.49. The maximum atomic E-state index is 12.1. The van der Waals surface area contributed by atoms with Gasteiger partial charge in [0.15, 0.2) is 0 Å². The first kappa shape index (κ1) is 14.8. The van der Waals surface area contributed by atoms with Crippen LogP contribution in [-0.4, -0.2) is 36.2 Å². The van der Waals surface area contributed by atoms with E-state index in [2.05, 4.69) is 26.1 Å². The van der Waals surface area contributed by atoms with Gasteiger partial charge in [-0.1, -0.05) is 6.92 Å². The van der Waals surface area contributed by atoms with Crippen molar-refractivity contribution in [2.24, 2.45) is 5.92 Å². The van der Waals surface area contributed by atoms with Crippen molar-refractivity contribution >= 4 is 17.7 Å². The third kappa shape index (κ3) is 3.88. The summed E-state index contributed by atoms with van der Waals surface area (Å²) >= 11 is 1.85. The van der Waals surface area contributed by atoms with Gasteiger partial charge in [-0.3, -0.25) is 10.1 Å². The highest BCUT2D eigenvalue weighted by Crippen LogP contribution is 2.42. The van der Waals surface area contributed by atoms with E-state index in [0.29, 0.717) is 12.0 Å². The number of ether oxygens (including phenoxy) is 1. The number of hydrogen-bond acceptors (Lipinski definition) is 4. The molecule has 0 aromatic carbocycles. The van der Waals surface area contributed by atoms with Crippen molar-refractivity contribution in [3.63, 3.8) is 0 Å². The van der Waals surface area contributed by atoms with Crippen LogP contribution in [0.2, 0.25) is 0 Å². The fraction of sp³-hybridized carbons (Fsp3) is 0.923. The second-order valence-corrected chi connectivity index (χ2v) is 6.19. The van der Waals surface area contributed by atoms with E-state index in [1.54, 1.807) is 0 Å². The molecule has 0 spiro atoms. The molecule has 4 heteroatoms. The number of esters is 1. The van der Waals surface area contributed by atoms with E-state index in [1.165, 1.54) is 7.11 Å². The summed E-state index contributed by atoms with van der Waals surface area (Å²) < 4.78 is 5.03. The van der Waals surface area contributed by atoms with Crippen molar-refractivity contribution in [1.29, 1.82) is 0 Å². The normalized spacial score (nSPS) is 19.1. The van der Waals surface area contributed by atoms with Gasteiger partial charge in [0.2, 0.25) is 0 Å². The minimum atomic E-state index is -0.456. The first-order chi connectivity index (χ1) is 8.06. The molecule has 0 amide bonds. The smallest absolute Gasteiger partial charge is 0.327 e. The van der Waals surface area contributed by atoms with Gasteiger partial charge < -0.3 is 4.74 Å². The van der Waals surface area contributed by atoms with Crippen molar-refractivity contribution in [2.45, 2.75) is 51.6 Å². The zero-order valence-corrected chi connectivity index (χ0v) is 12.2. The number of thioether (sulfide) groups is 1. The zero-order valence-electron chi connectivity index (χ0n) is 11.4. The molecule has 1 aliphatic rings. The van der Waals surface area contributed by atoms with E-state index < -0.39 is 5.54 Å². The van der Waals surface area contributed by atoms with E-state index >= 15 is 0 Å². The Morgan fingerprint density at radius 2 is 2.18 bits per heavy atom. The third-order valence-electron chi connectivity index (χ3n) is 3.05. The molecule has 0 saturated heterocycles. The molecule has 1 atom stereocenters. The standard InChI is InChI=1S/C13H25NO2S/c1-5-8-17-9-13(11-6-7-11,12(15)16-4)14-10(2)3/h10-11,14H,5-9H2,1-4H3. The first-order valence-electron chi connectivity index (χ1n) is 6.50. The Hall–Kier alpha value is -0.220. The van der Waals surface area contributed by atoms with Crippen molar-refractivity contribution < 1.29 is 9.53 Å². The van der Waals surface area contributed by atoms with Gasteiger partial charge in [-0.05, 0) is 44.8 Å². The van der Waals surface area contributed by atoms with Gasteiger partial charge >= 0.3 is 5.97 Å². The number of methoxy groups -OCH3 is 1. The first-order valence-corrected chi connectivity index (χ1v) is 7.66. The van der Waals surface area contributed by atoms with Crippen molar-refractivity contribution in [1.82, 2.24) is 5.32 Å². The molecule has 1 fully saturated rings. The fourth-order valence-corrected chi connectivity index (χ4v) is 3.40. The minimum absolute atomic E-state index is 0.0858. The summed E-state index contributed by atoms with van der Waals surface area (Å²) in [6.07, 6.45) is 3.43. The van der Waals surface area contributed by atoms with Crippen LogP contribution < -0.4 is 5.32 Å². The largest absolute Gasteiger partial charge is 0.468 e. The lowest BCUT2D eigenvalue weighted by atomic mass is 9.94. The summed E-state index contributed by atoms with van der Waals surface area (Å²) in [6, 6.07) is 0.303. The van der Waals surface area contributed by atoms with Crippen LogP contribution in [0.15, 0.2) is 0 Å². The maximum Gasteiger partial charge on any atom is 0.327 e. The van der Waals surface area contributed by atoms with E-state index in [-0.39, 0.29) is 5.97 Å². The lowest BCUT2D eigenvalue weighted by Crippen LogP contribution is -2.59. The quantitative estimate of drug-likeness (QED) is 0.537. The molecule has 0 bridgehead atoms. The van der Waals surface area contributed by atoms with E-state index in [0.717, 1.165) is 30.8 Å². The molecule has 0 heterocycles. The summed E-state index contributed by atoms with van der Waals surface area (Å²) in [5.74, 6) is 2.31. The van der Waals surface area contributed by atoms with Gasteiger partial charge in [0.05, 0.1) is 7.11 Å². The Morgan fingerprint density at radius 3 is 2.59 bits per heavy atom. The Bertz CT molecular complexity index is 254. The van der Waals surface area contributed by atoms with Crippen LogP contribution in [0.3, 0.4) is 0 Å². The Kier molecular flexibility index (Phi) is 5.80. The van der Waals surface area contributed by atoms with Crippen LogP contribution in [0.5, 0.6) is 0 Å². The van der Waals surface area contributed by atoms with Gasteiger partial charge in [0, 0.05) is 11.8 Å². The molecule has 0 aromatic rings. The van der Waals surface area contributed by atoms with Gasteiger partial charge in [0.25, 0.3) is 0 Å². The molecule has 0 radical (unpaired) electrons. The molecular weight excluding hydrogens is 234 g/mol. The van der Waals surface area contributed by atoms with Crippen LogP contribution in [0.4, 0.5) is 0 Å². The Morgan fingerprint density at radius 1 is 1.53 bits per heavy atom. The van der Waals surface area contributed by atoms with Crippen LogP contribution in [0.1, 0.15) is 40.0 Å². The monoisotopic (exact) mass is 259 g/mol. The Balaban J connectivity index is 2.74. The molecule has 1 unspecified atom stereocenters. The topological polar surface area (TPSA) is 38.3 Å². The lowest BCUT2D eigenvalue weighted by Gasteiger charge is -2.34. The minimum Gasteiger partial charge on any atom is -0.468 e. The van der Waals surface area contributed by atoms with Crippen LogP contribution in [0, 0.1) is 5.92 Å². The molecule has 100 valence electrons. The predicted molar refractivity (Wildman–Crippen MR) is 73.4 cm³/mol. The van der Waals surface area contributed by atoms with E-state index in [9.17, 15) is 4.79 Å². The second kappa shape index (κ2) is 6.64. The molecule has 0 aromatic heterocycles. The van der Waals surface area contributed by atoms with Gasteiger partial charge in [0.1, 0.15) is 5.54 Å². The molecule has 1 rings (SSSR count). The van der Waals surface area contributed by atoms with Gasteiger partial charge in [-0.15, -0.1) is 0 Å².